The second-order valence-corrected chi connectivity index (χ2v) is 8.73. The second-order valence-electron chi connectivity index (χ2n) is 8.73. The third-order valence-electron chi connectivity index (χ3n) is 5.31. The van der Waals surface area contributed by atoms with Crippen LogP contribution in [0.5, 0.6) is 0 Å². The van der Waals surface area contributed by atoms with Crippen molar-refractivity contribution in [2.45, 2.75) is 0 Å². The van der Waals surface area contributed by atoms with Crippen molar-refractivity contribution in [1.82, 2.24) is 4.90 Å². The number of ether oxygens (including phenoxy) is 11. The quantitative estimate of drug-likeness (QED) is 0.0672. The molecule has 16 heteroatoms. The Balaban J connectivity index is 1.63. The third-order valence-corrected chi connectivity index (χ3v) is 5.31. The van der Waals surface area contributed by atoms with Crippen LogP contribution >= 0.6 is 0 Å². The molecule has 1 N–H and O–H groups in total. The number of carbonyl (C=O) groups is 3. The van der Waals surface area contributed by atoms with Crippen molar-refractivity contribution in [1.29, 1.82) is 0 Å². The molecule has 0 aromatic carbocycles. The molecule has 1 heterocycles. The highest BCUT2D eigenvalue weighted by atomic mass is 16.6. The van der Waals surface area contributed by atoms with Gasteiger partial charge in [-0.25, -0.2) is 4.79 Å². The van der Waals surface area contributed by atoms with Crippen LogP contribution in [0.3, 0.4) is 0 Å². The van der Waals surface area contributed by atoms with E-state index >= 15 is 0 Å². The molecule has 0 aromatic rings. The van der Waals surface area contributed by atoms with E-state index in [9.17, 15) is 14.4 Å². The number of carbonyl (C=O) groups excluding carboxylic acids is 2. The molecular formula is C28H49NO15. The molecule has 0 aromatic heterocycles. The van der Waals surface area contributed by atoms with Crippen molar-refractivity contribution >= 4 is 17.8 Å². The van der Waals surface area contributed by atoms with Crippen molar-refractivity contribution in [2.75, 3.05) is 152 Å². The van der Waals surface area contributed by atoms with Crippen molar-refractivity contribution in [2.24, 2.45) is 0 Å². The Kier molecular flexibility index (Phi) is 28.1. The van der Waals surface area contributed by atoms with E-state index in [0.717, 1.165) is 4.90 Å². The SMILES string of the molecule is O=C(O)COCCOCCOCCOCCOCCOCCOCCOCCOCCOCCOCCN1C(=O)C=CC1=O. The number of aliphatic carboxylic acids is 1. The molecule has 0 saturated heterocycles. The monoisotopic (exact) mass is 639 g/mol. The predicted molar refractivity (Wildman–Crippen MR) is 153 cm³/mol. The lowest BCUT2D eigenvalue weighted by Crippen LogP contribution is -2.33. The molecule has 2 amide bonds. The van der Waals surface area contributed by atoms with E-state index in [2.05, 4.69) is 0 Å². The molecular weight excluding hydrogens is 590 g/mol. The van der Waals surface area contributed by atoms with E-state index in [1.54, 1.807) is 0 Å². The first kappa shape index (κ1) is 39.9. The Morgan fingerprint density at radius 3 is 0.909 bits per heavy atom. The highest BCUT2D eigenvalue weighted by Gasteiger charge is 2.22. The molecule has 0 spiro atoms. The fourth-order valence-electron chi connectivity index (χ4n) is 3.17. The van der Waals surface area contributed by atoms with Gasteiger partial charge in [0.15, 0.2) is 0 Å². The Morgan fingerprint density at radius 2 is 0.659 bits per heavy atom. The van der Waals surface area contributed by atoms with Crippen LogP contribution < -0.4 is 0 Å². The van der Waals surface area contributed by atoms with E-state index < -0.39 is 5.97 Å². The number of rotatable bonds is 35. The van der Waals surface area contributed by atoms with E-state index in [4.69, 9.17) is 57.2 Å². The molecule has 0 aliphatic carbocycles. The fraction of sp³-hybridized carbons (Fsp3) is 0.821. The highest BCUT2D eigenvalue weighted by molar-refractivity contribution is 6.12. The van der Waals surface area contributed by atoms with Gasteiger partial charge in [0.1, 0.15) is 6.61 Å². The number of hydrogen-bond acceptors (Lipinski definition) is 14. The standard InChI is InChI=1S/C28H49NO15/c30-26-1-2-27(31)29(26)3-4-34-5-6-35-7-8-36-9-10-37-11-12-38-13-14-39-15-16-40-17-18-41-19-20-42-21-22-43-23-24-44-25-28(32)33/h1-2H,3-25H2,(H,32,33). The zero-order valence-corrected chi connectivity index (χ0v) is 25.5. The maximum atomic E-state index is 11.4. The van der Waals surface area contributed by atoms with Gasteiger partial charge >= 0.3 is 5.97 Å². The Bertz CT molecular complexity index is 722. The van der Waals surface area contributed by atoms with Crippen molar-refractivity contribution in [3.8, 4) is 0 Å². The van der Waals surface area contributed by atoms with Gasteiger partial charge in [-0.1, -0.05) is 0 Å². The van der Waals surface area contributed by atoms with Crippen LogP contribution in [0.4, 0.5) is 0 Å². The molecule has 0 saturated carbocycles. The number of amides is 2. The largest absolute Gasteiger partial charge is 0.480 e. The highest BCUT2D eigenvalue weighted by Crippen LogP contribution is 2.02. The van der Waals surface area contributed by atoms with Crippen LogP contribution in [0.2, 0.25) is 0 Å². The number of carboxylic acid groups (broad SMARTS) is 1. The van der Waals surface area contributed by atoms with E-state index in [-0.39, 0.29) is 38.2 Å². The molecule has 256 valence electrons. The summed E-state index contributed by atoms with van der Waals surface area (Å²) in [6.07, 6.45) is 2.50. The molecule has 1 aliphatic heterocycles. The summed E-state index contributed by atoms with van der Waals surface area (Å²) in [6, 6.07) is 0. The lowest BCUT2D eigenvalue weighted by atomic mass is 10.5. The van der Waals surface area contributed by atoms with Gasteiger partial charge in [-0.2, -0.15) is 0 Å². The van der Waals surface area contributed by atoms with Gasteiger partial charge in [0.05, 0.1) is 145 Å². The summed E-state index contributed by atoms with van der Waals surface area (Å²) in [5.41, 5.74) is 0. The van der Waals surface area contributed by atoms with E-state index in [1.165, 1.54) is 12.2 Å². The van der Waals surface area contributed by atoms with Gasteiger partial charge in [0.25, 0.3) is 11.8 Å². The second kappa shape index (κ2) is 30.9. The van der Waals surface area contributed by atoms with Crippen LogP contribution in [0, 0.1) is 0 Å². The van der Waals surface area contributed by atoms with Crippen molar-refractivity contribution < 1.29 is 71.6 Å². The minimum absolute atomic E-state index is 0.234. The topological polar surface area (TPSA) is 176 Å². The van der Waals surface area contributed by atoms with Gasteiger partial charge in [-0.3, -0.25) is 14.5 Å². The van der Waals surface area contributed by atoms with E-state index in [0.29, 0.717) is 126 Å². The lowest BCUT2D eigenvalue weighted by molar-refractivity contribution is -0.143. The van der Waals surface area contributed by atoms with Gasteiger partial charge in [0.2, 0.25) is 0 Å². The molecule has 0 bridgehead atoms. The van der Waals surface area contributed by atoms with Gasteiger partial charge in [0, 0.05) is 12.2 Å². The predicted octanol–water partition coefficient (Wildman–Crippen LogP) is -0.821. The molecule has 0 fully saturated rings. The minimum Gasteiger partial charge on any atom is -0.480 e. The first-order valence-corrected chi connectivity index (χ1v) is 14.7. The molecule has 0 radical (unpaired) electrons. The summed E-state index contributed by atoms with van der Waals surface area (Å²) in [7, 11) is 0. The number of carboxylic acids is 1. The average molecular weight is 640 g/mol. The number of nitrogens with zero attached hydrogens (tertiary/aromatic N) is 1. The zero-order chi connectivity index (χ0) is 31.8. The van der Waals surface area contributed by atoms with E-state index in [1.807, 2.05) is 0 Å². The minimum atomic E-state index is -1.00. The Labute approximate surface area is 258 Å². The maximum Gasteiger partial charge on any atom is 0.329 e. The summed E-state index contributed by atoms with van der Waals surface area (Å²) < 4.78 is 58.7. The summed E-state index contributed by atoms with van der Waals surface area (Å²) in [5.74, 6) is -1.63. The fourth-order valence-corrected chi connectivity index (χ4v) is 3.17. The molecule has 1 aliphatic rings. The summed E-state index contributed by atoms with van der Waals surface area (Å²) in [6.45, 7) is 8.81. The number of imide groups is 1. The van der Waals surface area contributed by atoms with Crippen LogP contribution in [0.25, 0.3) is 0 Å². The summed E-state index contributed by atoms with van der Waals surface area (Å²) >= 11 is 0. The van der Waals surface area contributed by atoms with Gasteiger partial charge in [-0.15, -0.1) is 0 Å². The lowest BCUT2D eigenvalue weighted by Gasteiger charge is -2.13. The molecule has 16 nitrogen and oxygen atoms in total. The van der Waals surface area contributed by atoms with Crippen molar-refractivity contribution in [3.63, 3.8) is 0 Å². The van der Waals surface area contributed by atoms with Crippen LogP contribution in [-0.2, 0) is 66.5 Å². The smallest absolute Gasteiger partial charge is 0.329 e. The summed E-state index contributed by atoms with van der Waals surface area (Å²) in [5, 5.41) is 8.41. The molecule has 44 heavy (non-hydrogen) atoms. The van der Waals surface area contributed by atoms with Gasteiger partial charge in [-0.05, 0) is 0 Å². The van der Waals surface area contributed by atoms with Crippen molar-refractivity contribution in [3.05, 3.63) is 12.2 Å². The zero-order valence-electron chi connectivity index (χ0n) is 25.5. The van der Waals surface area contributed by atoms with Gasteiger partial charge < -0.3 is 57.2 Å². The normalized spacial score (nSPS) is 13.0. The molecule has 1 rings (SSSR count). The summed E-state index contributed by atoms with van der Waals surface area (Å²) in [4.78, 5) is 34.2. The number of hydrogen-bond donors (Lipinski definition) is 1. The Hall–Kier alpha value is -2.09. The van der Waals surface area contributed by atoms with Crippen LogP contribution in [-0.4, -0.2) is 180 Å². The molecule has 0 unspecified atom stereocenters. The first-order chi connectivity index (χ1) is 21.6. The average Bonchev–Trinajstić information content (AvgIpc) is 3.33. The third kappa shape index (κ3) is 26.3. The maximum absolute atomic E-state index is 11.4. The molecule has 0 atom stereocenters. The van der Waals surface area contributed by atoms with Crippen LogP contribution in [0.1, 0.15) is 0 Å². The van der Waals surface area contributed by atoms with Crippen LogP contribution in [0.15, 0.2) is 12.2 Å². The Morgan fingerprint density at radius 1 is 0.432 bits per heavy atom. The first-order valence-electron chi connectivity index (χ1n) is 14.7.